The molecule has 0 atom stereocenters. The number of nitrogens with zero attached hydrogens (tertiary/aromatic N) is 4. The van der Waals surface area contributed by atoms with Gasteiger partial charge in [0.25, 0.3) is 5.91 Å². The van der Waals surface area contributed by atoms with Crippen LogP contribution in [-0.4, -0.2) is 70.5 Å². The molecule has 0 bridgehead atoms. The van der Waals surface area contributed by atoms with E-state index in [0.717, 1.165) is 25.2 Å². The number of ether oxygens (including phenoxy) is 1. The summed E-state index contributed by atoms with van der Waals surface area (Å²) in [7, 11) is 1.62. The minimum Gasteiger partial charge on any atom is -0.383 e. The van der Waals surface area contributed by atoms with Crippen molar-refractivity contribution in [1.29, 1.82) is 0 Å². The van der Waals surface area contributed by atoms with Gasteiger partial charge in [-0.15, -0.1) is 11.3 Å². The molecule has 4 heterocycles. The van der Waals surface area contributed by atoms with Gasteiger partial charge in [0.1, 0.15) is 5.54 Å². The Hall–Kier alpha value is -2.81. The van der Waals surface area contributed by atoms with Crippen molar-refractivity contribution in [3.63, 3.8) is 0 Å². The molecule has 33 heavy (non-hydrogen) atoms. The molecule has 2 fully saturated rings. The van der Waals surface area contributed by atoms with Crippen LogP contribution in [0.2, 0.25) is 0 Å². The van der Waals surface area contributed by atoms with E-state index < -0.39 is 5.54 Å². The fourth-order valence-electron chi connectivity index (χ4n) is 4.99. The zero-order chi connectivity index (χ0) is 22.8. The highest BCUT2D eigenvalue weighted by Crippen LogP contribution is 2.38. The summed E-state index contributed by atoms with van der Waals surface area (Å²) in [5.41, 5.74) is 0.0687. The van der Waals surface area contributed by atoms with Crippen LogP contribution in [0.4, 0.5) is 4.79 Å². The number of piperidine rings is 1. The largest absolute Gasteiger partial charge is 0.383 e. The molecule has 0 radical (unpaired) electrons. The first-order valence-electron chi connectivity index (χ1n) is 11.3. The number of methoxy groups -OCH3 is 1. The lowest BCUT2D eigenvalue weighted by Gasteiger charge is -2.42. The number of likely N-dealkylation sites (tertiary alicyclic amines) is 1. The number of urea groups is 1. The van der Waals surface area contributed by atoms with Gasteiger partial charge in [-0.05, 0) is 42.0 Å². The third-order valence-corrected chi connectivity index (χ3v) is 7.84. The zero-order valence-corrected chi connectivity index (χ0v) is 19.6. The highest BCUT2D eigenvalue weighted by molar-refractivity contribution is 7.19. The van der Waals surface area contributed by atoms with Crippen molar-refractivity contribution < 1.29 is 14.3 Å². The van der Waals surface area contributed by atoms with Crippen molar-refractivity contribution in [2.24, 2.45) is 0 Å². The fraction of sp³-hybridized carbons (Fsp3) is 0.400. The number of fused-ring (bicyclic) bond motifs is 1. The average Bonchev–Trinajstić information content (AvgIpc) is 3.33. The molecule has 0 aliphatic carbocycles. The third kappa shape index (κ3) is 4.14. The Bertz CT molecular complexity index is 1110. The highest BCUT2D eigenvalue weighted by atomic mass is 32.1. The number of thiophene rings is 1. The third-order valence-electron chi connectivity index (χ3n) is 6.74. The van der Waals surface area contributed by atoms with Crippen molar-refractivity contribution >= 4 is 33.4 Å². The number of carbonyl (C=O) groups excluding carboxylic acids is 2. The first-order chi connectivity index (χ1) is 16.1. The van der Waals surface area contributed by atoms with Gasteiger partial charge >= 0.3 is 6.03 Å². The van der Waals surface area contributed by atoms with Gasteiger partial charge in [-0.3, -0.25) is 19.6 Å². The van der Waals surface area contributed by atoms with E-state index in [4.69, 9.17) is 4.74 Å². The van der Waals surface area contributed by atoms with Crippen molar-refractivity contribution in [1.82, 2.24) is 19.7 Å². The van der Waals surface area contributed by atoms with Crippen LogP contribution in [0.15, 0.2) is 54.9 Å². The van der Waals surface area contributed by atoms with E-state index in [9.17, 15) is 9.59 Å². The highest BCUT2D eigenvalue weighted by Gasteiger charge is 2.57. The Kier molecular flexibility index (Phi) is 6.14. The maximum atomic E-state index is 13.6. The van der Waals surface area contributed by atoms with Gasteiger partial charge in [0.05, 0.1) is 13.2 Å². The van der Waals surface area contributed by atoms with E-state index in [0.29, 0.717) is 26.0 Å². The standard InChI is InChI=1S/C25H28N4O3S/c1-32-14-13-29-24(31)28(17-19-5-4-10-26-16-19)23(30)25(29)8-11-27(12-9-25)18-21-15-20-6-2-3-7-22(20)33-21/h2-7,10,15-16H,8-9,11-14,17-18H2,1H3. The topological polar surface area (TPSA) is 66.0 Å². The molecule has 172 valence electrons. The molecule has 2 saturated heterocycles. The summed E-state index contributed by atoms with van der Waals surface area (Å²) in [5, 5.41) is 1.28. The molecule has 8 heteroatoms. The molecule has 0 saturated carbocycles. The first-order valence-corrected chi connectivity index (χ1v) is 12.1. The molecule has 2 aliphatic rings. The van der Waals surface area contributed by atoms with E-state index in [1.165, 1.54) is 19.9 Å². The van der Waals surface area contributed by atoms with E-state index in [2.05, 4.69) is 40.2 Å². The molecular formula is C25H28N4O3S. The van der Waals surface area contributed by atoms with Crippen LogP contribution in [0.1, 0.15) is 23.3 Å². The predicted octanol–water partition coefficient (Wildman–Crippen LogP) is 3.74. The first kappa shape index (κ1) is 22.0. The van der Waals surface area contributed by atoms with Gasteiger partial charge in [0.15, 0.2) is 0 Å². The number of pyridine rings is 1. The van der Waals surface area contributed by atoms with Gasteiger partial charge in [-0.1, -0.05) is 24.3 Å². The lowest BCUT2D eigenvalue weighted by molar-refractivity contribution is -0.136. The quantitative estimate of drug-likeness (QED) is 0.499. The van der Waals surface area contributed by atoms with Crippen LogP contribution in [-0.2, 0) is 22.6 Å². The second-order valence-electron chi connectivity index (χ2n) is 8.74. The van der Waals surface area contributed by atoms with Gasteiger partial charge in [0.2, 0.25) is 0 Å². The Labute approximate surface area is 197 Å². The number of amides is 3. The van der Waals surface area contributed by atoms with Crippen LogP contribution in [0.25, 0.3) is 10.1 Å². The summed E-state index contributed by atoms with van der Waals surface area (Å²) >= 11 is 1.83. The zero-order valence-electron chi connectivity index (χ0n) is 18.8. The Balaban J connectivity index is 1.32. The smallest absolute Gasteiger partial charge is 0.328 e. The summed E-state index contributed by atoms with van der Waals surface area (Å²) in [6, 6.07) is 14.2. The van der Waals surface area contributed by atoms with Crippen LogP contribution < -0.4 is 0 Å². The monoisotopic (exact) mass is 464 g/mol. The molecule has 0 unspecified atom stereocenters. The van der Waals surface area contributed by atoms with Crippen LogP contribution in [0.5, 0.6) is 0 Å². The summed E-state index contributed by atoms with van der Waals surface area (Å²) in [4.78, 5) is 38.0. The average molecular weight is 465 g/mol. The summed E-state index contributed by atoms with van der Waals surface area (Å²) in [6.45, 7) is 3.50. The second-order valence-corrected chi connectivity index (χ2v) is 9.91. The molecule has 1 aromatic carbocycles. The van der Waals surface area contributed by atoms with Gasteiger partial charge in [-0.2, -0.15) is 0 Å². The van der Waals surface area contributed by atoms with Crippen molar-refractivity contribution in [2.45, 2.75) is 31.5 Å². The molecule has 7 nitrogen and oxygen atoms in total. The second kappa shape index (κ2) is 9.21. The summed E-state index contributed by atoms with van der Waals surface area (Å²) in [6.07, 6.45) is 4.67. The van der Waals surface area contributed by atoms with E-state index in [1.807, 2.05) is 23.5 Å². The maximum Gasteiger partial charge on any atom is 0.328 e. The maximum absolute atomic E-state index is 13.6. The molecule has 2 aliphatic heterocycles. The van der Waals surface area contributed by atoms with Crippen molar-refractivity contribution in [3.05, 3.63) is 65.3 Å². The normalized spacial score (nSPS) is 18.7. The number of rotatable bonds is 7. The Morgan fingerprint density at radius 1 is 1.09 bits per heavy atom. The van der Waals surface area contributed by atoms with Gasteiger partial charge in [-0.25, -0.2) is 4.79 Å². The van der Waals surface area contributed by atoms with E-state index in [-0.39, 0.29) is 18.5 Å². The van der Waals surface area contributed by atoms with Crippen LogP contribution in [0.3, 0.4) is 0 Å². The van der Waals surface area contributed by atoms with E-state index >= 15 is 0 Å². The Morgan fingerprint density at radius 2 is 1.91 bits per heavy atom. The van der Waals surface area contributed by atoms with Crippen molar-refractivity contribution in [3.8, 4) is 0 Å². The van der Waals surface area contributed by atoms with Gasteiger partial charge in [0, 0.05) is 55.3 Å². The molecule has 3 amide bonds. The minimum atomic E-state index is -0.783. The molecule has 1 spiro atoms. The fourth-order valence-corrected chi connectivity index (χ4v) is 6.10. The van der Waals surface area contributed by atoms with Gasteiger partial charge < -0.3 is 9.64 Å². The summed E-state index contributed by atoms with van der Waals surface area (Å²) < 4.78 is 6.56. The van der Waals surface area contributed by atoms with Crippen LogP contribution in [0, 0.1) is 0 Å². The molecule has 3 aromatic rings. The minimum absolute atomic E-state index is 0.0889. The number of hydrogen-bond acceptors (Lipinski definition) is 6. The number of benzene rings is 1. The number of carbonyl (C=O) groups is 2. The molecular weight excluding hydrogens is 436 g/mol. The molecule has 0 N–H and O–H groups in total. The molecule has 2 aromatic heterocycles. The Morgan fingerprint density at radius 3 is 2.64 bits per heavy atom. The summed E-state index contributed by atoms with van der Waals surface area (Å²) in [5.74, 6) is -0.0889. The molecule has 5 rings (SSSR count). The SMILES string of the molecule is COCCN1C(=O)N(Cc2cccnc2)C(=O)C12CCN(Cc1cc3ccccc3s1)CC2. The van der Waals surface area contributed by atoms with Crippen LogP contribution >= 0.6 is 11.3 Å². The van der Waals surface area contributed by atoms with E-state index in [1.54, 1.807) is 24.4 Å². The lowest BCUT2D eigenvalue weighted by Crippen LogP contribution is -2.57. The number of imide groups is 1. The lowest BCUT2D eigenvalue weighted by atomic mass is 9.85. The predicted molar refractivity (Wildman–Crippen MR) is 128 cm³/mol. The van der Waals surface area contributed by atoms with Crippen molar-refractivity contribution in [2.75, 3.05) is 33.4 Å². The number of aromatic nitrogens is 1. The number of hydrogen-bond donors (Lipinski definition) is 0.